The highest BCUT2D eigenvalue weighted by Gasteiger charge is 2.30. The highest BCUT2D eigenvalue weighted by atomic mass is 16.3. The Bertz CT molecular complexity index is 1000. The lowest BCUT2D eigenvalue weighted by molar-refractivity contribution is 0.119. The molecule has 3 aromatic rings. The third-order valence-electron chi connectivity index (χ3n) is 4.56. The second kappa shape index (κ2) is 5.26. The van der Waals surface area contributed by atoms with Crippen LogP contribution in [0, 0.1) is 6.92 Å². The Balaban J connectivity index is 1.99. The van der Waals surface area contributed by atoms with Crippen molar-refractivity contribution < 1.29 is 9.52 Å². The van der Waals surface area contributed by atoms with Crippen molar-refractivity contribution in [3.05, 3.63) is 40.5 Å². The lowest BCUT2D eigenvalue weighted by Gasteiger charge is -2.18. The molecular weight excluding hydrogens is 316 g/mol. The van der Waals surface area contributed by atoms with Gasteiger partial charge in [0.25, 0.3) is 0 Å². The molecule has 0 saturated carbocycles. The van der Waals surface area contributed by atoms with Gasteiger partial charge in [0.05, 0.1) is 11.3 Å². The van der Waals surface area contributed by atoms with E-state index in [1.54, 1.807) is 18.4 Å². The first-order valence-electron chi connectivity index (χ1n) is 8.54. The van der Waals surface area contributed by atoms with E-state index in [0.29, 0.717) is 18.0 Å². The SMILES string of the molecule is Cc1ccc(-c2nc3c(c4nc(C(C)C)nn24)C=C(C(C)(C)O)C3)o1. The minimum absolute atomic E-state index is 0.209. The predicted octanol–water partition coefficient (Wildman–Crippen LogP) is 3.53. The van der Waals surface area contributed by atoms with Gasteiger partial charge in [-0.05, 0) is 44.6 Å². The molecule has 1 aliphatic rings. The lowest BCUT2D eigenvalue weighted by Crippen LogP contribution is -2.21. The molecule has 0 atom stereocenters. The van der Waals surface area contributed by atoms with Crippen LogP contribution in [-0.4, -0.2) is 30.3 Å². The summed E-state index contributed by atoms with van der Waals surface area (Å²) in [6.07, 6.45) is 2.60. The Labute approximate surface area is 146 Å². The fourth-order valence-electron chi connectivity index (χ4n) is 3.05. The Morgan fingerprint density at radius 1 is 1.24 bits per heavy atom. The molecule has 3 aromatic heterocycles. The van der Waals surface area contributed by atoms with Crippen molar-refractivity contribution in [3.63, 3.8) is 0 Å². The largest absolute Gasteiger partial charge is 0.458 e. The maximum absolute atomic E-state index is 10.4. The number of rotatable bonds is 3. The zero-order valence-corrected chi connectivity index (χ0v) is 15.2. The van der Waals surface area contributed by atoms with Gasteiger partial charge in [-0.1, -0.05) is 13.8 Å². The molecular formula is C19H22N4O2. The van der Waals surface area contributed by atoms with E-state index in [4.69, 9.17) is 14.4 Å². The van der Waals surface area contributed by atoms with Crippen molar-refractivity contribution in [1.82, 2.24) is 19.6 Å². The zero-order valence-electron chi connectivity index (χ0n) is 15.2. The molecule has 0 amide bonds. The minimum Gasteiger partial charge on any atom is -0.458 e. The maximum Gasteiger partial charge on any atom is 0.199 e. The van der Waals surface area contributed by atoms with Gasteiger partial charge < -0.3 is 9.52 Å². The van der Waals surface area contributed by atoms with Gasteiger partial charge in [0.1, 0.15) is 5.76 Å². The summed E-state index contributed by atoms with van der Waals surface area (Å²) in [5.41, 5.74) is 2.63. The molecule has 0 fully saturated rings. The zero-order chi connectivity index (χ0) is 17.9. The summed E-state index contributed by atoms with van der Waals surface area (Å²) in [5.74, 6) is 3.12. The van der Waals surface area contributed by atoms with E-state index in [9.17, 15) is 5.11 Å². The van der Waals surface area contributed by atoms with Gasteiger partial charge in [-0.3, -0.25) is 0 Å². The number of aliphatic hydroxyl groups is 1. The molecule has 0 bridgehead atoms. The summed E-state index contributed by atoms with van der Waals surface area (Å²) in [4.78, 5) is 9.54. The second-order valence-corrected chi connectivity index (χ2v) is 7.47. The Morgan fingerprint density at radius 3 is 2.60 bits per heavy atom. The molecule has 0 aromatic carbocycles. The van der Waals surface area contributed by atoms with Gasteiger partial charge in [0.15, 0.2) is 23.1 Å². The summed E-state index contributed by atoms with van der Waals surface area (Å²) in [6, 6.07) is 3.82. The van der Waals surface area contributed by atoms with Crippen LogP contribution < -0.4 is 0 Å². The van der Waals surface area contributed by atoms with E-state index in [1.165, 1.54) is 0 Å². The maximum atomic E-state index is 10.4. The molecule has 3 heterocycles. The number of fused-ring (bicyclic) bond motifs is 3. The highest BCUT2D eigenvalue weighted by Crippen LogP contribution is 2.35. The molecule has 1 aliphatic carbocycles. The van der Waals surface area contributed by atoms with Crippen molar-refractivity contribution in [3.8, 4) is 11.6 Å². The first kappa shape index (κ1) is 16.0. The highest BCUT2D eigenvalue weighted by molar-refractivity contribution is 5.76. The average molecular weight is 338 g/mol. The van der Waals surface area contributed by atoms with Gasteiger partial charge in [0, 0.05) is 17.9 Å². The third kappa shape index (κ3) is 2.57. The van der Waals surface area contributed by atoms with Crippen molar-refractivity contribution in [2.75, 3.05) is 0 Å². The smallest absolute Gasteiger partial charge is 0.199 e. The fraction of sp³-hybridized carbons (Fsp3) is 0.421. The second-order valence-electron chi connectivity index (χ2n) is 7.47. The van der Waals surface area contributed by atoms with Gasteiger partial charge in [-0.15, -0.1) is 5.10 Å². The Kier molecular flexibility index (Phi) is 3.37. The van der Waals surface area contributed by atoms with Gasteiger partial charge in [-0.2, -0.15) is 4.52 Å². The quantitative estimate of drug-likeness (QED) is 0.790. The van der Waals surface area contributed by atoms with E-state index >= 15 is 0 Å². The van der Waals surface area contributed by atoms with Crippen LogP contribution in [0.2, 0.25) is 0 Å². The first-order valence-corrected chi connectivity index (χ1v) is 8.54. The lowest BCUT2D eigenvalue weighted by atomic mass is 9.97. The van der Waals surface area contributed by atoms with Crippen LogP contribution >= 0.6 is 0 Å². The van der Waals surface area contributed by atoms with Crippen molar-refractivity contribution in [1.29, 1.82) is 0 Å². The van der Waals surface area contributed by atoms with Gasteiger partial charge >= 0.3 is 0 Å². The molecule has 0 aliphatic heterocycles. The van der Waals surface area contributed by atoms with E-state index in [1.807, 2.05) is 25.1 Å². The molecule has 130 valence electrons. The molecule has 4 rings (SSSR count). The summed E-state index contributed by atoms with van der Waals surface area (Å²) in [7, 11) is 0. The van der Waals surface area contributed by atoms with Crippen LogP contribution in [-0.2, 0) is 6.42 Å². The Morgan fingerprint density at radius 2 is 2.00 bits per heavy atom. The third-order valence-corrected chi connectivity index (χ3v) is 4.56. The molecule has 0 unspecified atom stereocenters. The molecule has 6 heteroatoms. The fourth-order valence-corrected chi connectivity index (χ4v) is 3.05. The van der Waals surface area contributed by atoms with Crippen LogP contribution in [0.15, 0.2) is 22.1 Å². The van der Waals surface area contributed by atoms with Crippen LogP contribution in [0.4, 0.5) is 0 Å². The number of hydrogen-bond donors (Lipinski definition) is 1. The van der Waals surface area contributed by atoms with Crippen LogP contribution in [0.1, 0.15) is 56.5 Å². The molecule has 25 heavy (non-hydrogen) atoms. The van der Waals surface area contributed by atoms with Crippen LogP contribution in [0.3, 0.4) is 0 Å². The van der Waals surface area contributed by atoms with E-state index < -0.39 is 5.60 Å². The van der Waals surface area contributed by atoms with E-state index in [2.05, 4.69) is 18.9 Å². The molecule has 1 N–H and O–H groups in total. The number of furan rings is 1. The van der Waals surface area contributed by atoms with Crippen molar-refractivity contribution >= 4 is 11.7 Å². The van der Waals surface area contributed by atoms with Gasteiger partial charge in [0.2, 0.25) is 0 Å². The van der Waals surface area contributed by atoms with Crippen molar-refractivity contribution in [2.24, 2.45) is 0 Å². The number of hydrogen-bond acceptors (Lipinski definition) is 5. The number of aromatic nitrogens is 4. The summed E-state index contributed by atoms with van der Waals surface area (Å²) in [5, 5.41) is 15.0. The summed E-state index contributed by atoms with van der Waals surface area (Å²) >= 11 is 0. The monoisotopic (exact) mass is 338 g/mol. The molecule has 0 saturated heterocycles. The topological polar surface area (TPSA) is 76.5 Å². The molecule has 6 nitrogen and oxygen atoms in total. The van der Waals surface area contributed by atoms with Gasteiger partial charge in [-0.25, -0.2) is 9.97 Å². The Hall–Kier alpha value is -2.47. The van der Waals surface area contributed by atoms with E-state index in [-0.39, 0.29) is 5.92 Å². The van der Waals surface area contributed by atoms with E-state index in [0.717, 1.165) is 34.1 Å². The summed E-state index contributed by atoms with van der Waals surface area (Å²) in [6.45, 7) is 9.63. The normalized spacial score (nSPS) is 14.4. The molecule has 0 radical (unpaired) electrons. The first-order chi connectivity index (χ1) is 11.7. The molecule has 0 spiro atoms. The minimum atomic E-state index is -0.889. The standard InChI is InChI=1S/C19H22N4O2/c1-10(2)16-21-17-13-8-12(19(4,5)24)9-14(13)20-18(23(17)22-16)15-7-6-11(3)25-15/h6-8,10,24H,9H2,1-5H3. The summed E-state index contributed by atoms with van der Waals surface area (Å²) < 4.78 is 7.54. The van der Waals surface area contributed by atoms with Crippen LogP contribution in [0.25, 0.3) is 23.3 Å². The van der Waals surface area contributed by atoms with Crippen LogP contribution in [0.5, 0.6) is 0 Å². The average Bonchev–Trinajstić information content (AvgIpc) is 3.21. The predicted molar refractivity (Wildman–Crippen MR) is 95.3 cm³/mol. The number of nitrogens with zero attached hydrogens (tertiary/aromatic N) is 4. The van der Waals surface area contributed by atoms with Crippen molar-refractivity contribution in [2.45, 2.75) is 52.6 Å². The number of aryl methyl sites for hydroxylation is 1.